The Bertz CT molecular complexity index is 997. The van der Waals surface area contributed by atoms with Crippen LogP contribution >= 0.6 is 0 Å². The predicted octanol–water partition coefficient (Wildman–Crippen LogP) is 3.84. The fourth-order valence-electron chi connectivity index (χ4n) is 3.39. The molecule has 1 fully saturated rings. The predicted molar refractivity (Wildman–Crippen MR) is 120 cm³/mol. The van der Waals surface area contributed by atoms with Crippen LogP contribution in [-0.4, -0.2) is 33.3 Å². The summed E-state index contributed by atoms with van der Waals surface area (Å²) in [5, 5.41) is 14.9. The molecule has 0 radical (unpaired) electrons. The Morgan fingerprint density at radius 3 is 2.71 bits per heavy atom. The van der Waals surface area contributed by atoms with Gasteiger partial charge in [0.25, 0.3) is 0 Å². The van der Waals surface area contributed by atoms with Crippen LogP contribution in [0.5, 0.6) is 11.5 Å². The van der Waals surface area contributed by atoms with E-state index in [1.165, 1.54) is 0 Å². The van der Waals surface area contributed by atoms with E-state index in [1.54, 1.807) is 14.2 Å². The van der Waals surface area contributed by atoms with Gasteiger partial charge in [-0.1, -0.05) is 30.0 Å². The number of nitriles is 1. The summed E-state index contributed by atoms with van der Waals surface area (Å²) in [6.45, 7) is 1.15. The van der Waals surface area contributed by atoms with Crippen molar-refractivity contribution in [1.82, 2.24) is 5.32 Å². The van der Waals surface area contributed by atoms with Crippen molar-refractivity contribution >= 4 is 11.6 Å². The van der Waals surface area contributed by atoms with Crippen molar-refractivity contribution in [2.24, 2.45) is 4.99 Å². The second kappa shape index (κ2) is 11.5. The number of aliphatic imine (C=N–C) groups is 1. The molecule has 7 nitrogen and oxygen atoms in total. The van der Waals surface area contributed by atoms with Gasteiger partial charge in [-0.2, -0.15) is 5.26 Å². The summed E-state index contributed by atoms with van der Waals surface area (Å²) in [7, 11) is 3.23. The summed E-state index contributed by atoms with van der Waals surface area (Å²) in [6, 6.07) is 13.5. The number of nitrogens with one attached hydrogen (secondary N) is 2. The van der Waals surface area contributed by atoms with E-state index in [9.17, 15) is 0 Å². The van der Waals surface area contributed by atoms with Crippen molar-refractivity contribution in [2.75, 3.05) is 32.7 Å². The van der Waals surface area contributed by atoms with Gasteiger partial charge in [-0.3, -0.25) is 10.3 Å². The quantitative estimate of drug-likeness (QED) is 0.185. The molecule has 1 heterocycles. The largest absolute Gasteiger partial charge is 0.496 e. The summed E-state index contributed by atoms with van der Waals surface area (Å²) in [6.07, 6.45) is 4.27. The van der Waals surface area contributed by atoms with Gasteiger partial charge in [0.1, 0.15) is 5.75 Å². The molecule has 2 N–H and O–H groups in total. The maximum atomic E-state index is 9.12. The first-order chi connectivity index (χ1) is 15.3. The molecule has 0 aliphatic carbocycles. The summed E-state index contributed by atoms with van der Waals surface area (Å²) in [5.74, 6) is 7.83. The molecule has 2 aromatic carbocycles. The van der Waals surface area contributed by atoms with E-state index in [1.807, 2.05) is 48.7 Å². The molecule has 0 spiro atoms. The first-order valence-electron chi connectivity index (χ1n) is 10.1. The molecular formula is C24H26N4O3. The lowest BCUT2D eigenvalue weighted by atomic mass is 10.0. The standard InChI is InChI=1S/C24H26N4O3/c1-29-20-14-13-19(23(30-2)22(20)21-12-8-16-31-21)28-24(27-17-25)26-15-7-6-11-18-9-4-3-5-10-18/h3-5,9-10,13-14,21H,7-8,12,15-16H2,1-2H3,(H2,26,27,28). The Balaban J connectivity index is 1.76. The maximum absolute atomic E-state index is 9.12. The SMILES string of the molecule is COc1ccc(NC(=NCCC#Cc2ccccc2)NC#N)c(OC)c1C1CCCO1. The average molecular weight is 418 g/mol. The van der Waals surface area contributed by atoms with Crippen LogP contribution in [-0.2, 0) is 4.74 Å². The van der Waals surface area contributed by atoms with Crippen molar-refractivity contribution in [3.8, 4) is 29.5 Å². The normalized spacial score (nSPS) is 15.4. The van der Waals surface area contributed by atoms with E-state index >= 15 is 0 Å². The molecule has 0 saturated carbocycles. The second-order valence-corrected chi connectivity index (χ2v) is 6.77. The van der Waals surface area contributed by atoms with Crippen LogP contribution in [0, 0.1) is 23.3 Å². The van der Waals surface area contributed by atoms with E-state index in [-0.39, 0.29) is 6.10 Å². The van der Waals surface area contributed by atoms with Crippen LogP contribution in [0.1, 0.15) is 36.5 Å². The third kappa shape index (κ3) is 5.91. The zero-order valence-electron chi connectivity index (χ0n) is 17.8. The van der Waals surface area contributed by atoms with E-state index < -0.39 is 0 Å². The number of anilines is 1. The van der Waals surface area contributed by atoms with Crippen molar-refractivity contribution < 1.29 is 14.2 Å². The van der Waals surface area contributed by atoms with Gasteiger partial charge in [-0.05, 0) is 37.1 Å². The minimum Gasteiger partial charge on any atom is -0.496 e. The van der Waals surface area contributed by atoms with Crippen molar-refractivity contribution in [1.29, 1.82) is 5.26 Å². The van der Waals surface area contributed by atoms with Gasteiger partial charge in [0, 0.05) is 18.6 Å². The number of hydrogen-bond acceptors (Lipinski definition) is 5. The van der Waals surface area contributed by atoms with Gasteiger partial charge in [0.05, 0.1) is 38.1 Å². The first-order valence-corrected chi connectivity index (χ1v) is 10.1. The number of nitrogens with zero attached hydrogens (tertiary/aromatic N) is 2. The molecular weight excluding hydrogens is 392 g/mol. The summed E-state index contributed by atoms with van der Waals surface area (Å²) >= 11 is 0. The molecule has 0 bridgehead atoms. The van der Waals surface area contributed by atoms with Gasteiger partial charge in [0.2, 0.25) is 5.96 Å². The molecule has 3 rings (SSSR count). The number of hydrogen-bond donors (Lipinski definition) is 2. The van der Waals surface area contributed by atoms with E-state index in [0.717, 1.165) is 24.0 Å². The average Bonchev–Trinajstić information content (AvgIpc) is 3.33. The van der Waals surface area contributed by atoms with Crippen LogP contribution in [0.4, 0.5) is 5.69 Å². The number of ether oxygens (including phenoxy) is 3. The summed E-state index contributed by atoms with van der Waals surface area (Å²) in [4.78, 5) is 4.44. The number of rotatable bonds is 6. The lowest BCUT2D eigenvalue weighted by Gasteiger charge is -2.21. The smallest absolute Gasteiger partial charge is 0.209 e. The molecule has 1 aliphatic heterocycles. The molecule has 1 aliphatic rings. The van der Waals surface area contributed by atoms with Crippen LogP contribution in [0.3, 0.4) is 0 Å². The summed E-state index contributed by atoms with van der Waals surface area (Å²) < 4.78 is 17.1. The highest BCUT2D eigenvalue weighted by Crippen LogP contribution is 2.44. The van der Waals surface area contributed by atoms with Crippen LogP contribution < -0.4 is 20.1 Å². The third-order valence-corrected chi connectivity index (χ3v) is 4.77. The van der Waals surface area contributed by atoms with Gasteiger partial charge in [-0.25, -0.2) is 0 Å². The molecule has 31 heavy (non-hydrogen) atoms. The Morgan fingerprint density at radius 1 is 1.19 bits per heavy atom. The number of benzene rings is 2. The maximum Gasteiger partial charge on any atom is 0.209 e. The summed E-state index contributed by atoms with van der Waals surface area (Å²) in [5.41, 5.74) is 2.49. The minimum atomic E-state index is -0.0933. The van der Waals surface area contributed by atoms with Crippen molar-refractivity contribution in [2.45, 2.75) is 25.4 Å². The minimum absolute atomic E-state index is 0.0933. The van der Waals surface area contributed by atoms with Crippen LogP contribution in [0.2, 0.25) is 0 Å². The third-order valence-electron chi connectivity index (χ3n) is 4.77. The molecule has 0 aromatic heterocycles. The van der Waals surface area contributed by atoms with Crippen molar-refractivity contribution in [3.05, 3.63) is 53.6 Å². The van der Waals surface area contributed by atoms with Gasteiger partial charge < -0.3 is 19.5 Å². The van der Waals surface area contributed by atoms with Crippen LogP contribution in [0.15, 0.2) is 47.5 Å². The van der Waals surface area contributed by atoms with E-state index in [4.69, 9.17) is 19.5 Å². The molecule has 7 heteroatoms. The molecule has 1 atom stereocenters. The van der Waals surface area contributed by atoms with Gasteiger partial charge >= 0.3 is 0 Å². The number of methoxy groups -OCH3 is 2. The fourth-order valence-corrected chi connectivity index (χ4v) is 3.39. The monoisotopic (exact) mass is 418 g/mol. The highest BCUT2D eigenvalue weighted by atomic mass is 16.5. The lowest BCUT2D eigenvalue weighted by molar-refractivity contribution is 0.107. The highest BCUT2D eigenvalue weighted by molar-refractivity contribution is 5.96. The Labute approximate surface area is 183 Å². The topological polar surface area (TPSA) is 87.9 Å². The van der Waals surface area contributed by atoms with Gasteiger partial charge in [-0.15, -0.1) is 0 Å². The Kier molecular flexibility index (Phi) is 8.16. The first kappa shape index (κ1) is 22.0. The van der Waals surface area contributed by atoms with Crippen molar-refractivity contribution in [3.63, 3.8) is 0 Å². The Hall–Kier alpha value is -3.68. The molecule has 1 saturated heterocycles. The zero-order chi connectivity index (χ0) is 21.9. The fraction of sp³-hybridized carbons (Fsp3) is 0.333. The second-order valence-electron chi connectivity index (χ2n) is 6.77. The lowest BCUT2D eigenvalue weighted by Crippen LogP contribution is -2.27. The van der Waals surface area contributed by atoms with Crippen LogP contribution in [0.25, 0.3) is 0 Å². The van der Waals surface area contributed by atoms with E-state index in [0.29, 0.717) is 42.7 Å². The highest BCUT2D eigenvalue weighted by Gasteiger charge is 2.27. The Morgan fingerprint density at radius 2 is 2.03 bits per heavy atom. The molecule has 0 amide bonds. The van der Waals surface area contributed by atoms with E-state index in [2.05, 4.69) is 27.5 Å². The molecule has 1 unspecified atom stereocenters. The molecule has 160 valence electrons. The zero-order valence-corrected chi connectivity index (χ0v) is 17.8. The molecule has 2 aromatic rings. The number of guanidine groups is 1. The van der Waals surface area contributed by atoms with Gasteiger partial charge in [0.15, 0.2) is 11.9 Å².